The van der Waals surface area contributed by atoms with E-state index >= 15 is 0 Å². The molecule has 0 amide bonds. The minimum atomic E-state index is -0.563. The number of nitro benzene ring substituents is 1. The van der Waals surface area contributed by atoms with E-state index in [4.69, 9.17) is 16.3 Å². The molecule has 0 saturated carbocycles. The van der Waals surface area contributed by atoms with Crippen molar-refractivity contribution >= 4 is 23.1 Å². The van der Waals surface area contributed by atoms with Gasteiger partial charge in [0.2, 0.25) is 0 Å². The average molecular weight is 306 g/mol. The summed E-state index contributed by atoms with van der Waals surface area (Å²) in [5.74, 6) is 0.855. The second-order valence-corrected chi connectivity index (χ2v) is 4.68. The molecule has 0 atom stereocenters. The quantitative estimate of drug-likeness (QED) is 0.458. The molecule has 0 aliphatic rings. The highest BCUT2D eigenvalue weighted by Crippen LogP contribution is 2.31. The Bertz CT molecular complexity index is 700. The van der Waals surface area contributed by atoms with Crippen LogP contribution in [0.4, 0.5) is 5.69 Å². The molecule has 2 rings (SSSR count). The van der Waals surface area contributed by atoms with Gasteiger partial charge in [0.05, 0.1) is 4.92 Å². The van der Waals surface area contributed by atoms with Gasteiger partial charge in [-0.15, -0.1) is 0 Å². The summed E-state index contributed by atoms with van der Waals surface area (Å²) in [6.45, 7) is 1.78. The van der Waals surface area contributed by atoms with E-state index in [0.29, 0.717) is 23.5 Å². The molecule has 0 N–H and O–H groups in total. The molecule has 0 fully saturated rings. The lowest BCUT2D eigenvalue weighted by Gasteiger charge is -2.07. The summed E-state index contributed by atoms with van der Waals surface area (Å²) in [6, 6.07) is 10.8. The van der Waals surface area contributed by atoms with Crippen molar-refractivity contribution in [1.82, 2.24) is 0 Å². The van der Waals surface area contributed by atoms with Gasteiger partial charge in [-0.05, 0) is 18.2 Å². The van der Waals surface area contributed by atoms with Crippen molar-refractivity contribution in [3.63, 3.8) is 0 Å². The zero-order valence-electron chi connectivity index (χ0n) is 11.2. The number of hydrogen-bond acceptors (Lipinski definition) is 4. The largest absolute Gasteiger partial charge is 0.457 e. The van der Waals surface area contributed by atoms with Crippen molar-refractivity contribution in [1.29, 1.82) is 0 Å². The van der Waals surface area contributed by atoms with Crippen molar-refractivity contribution in [2.24, 2.45) is 0 Å². The van der Waals surface area contributed by atoms with E-state index in [-0.39, 0.29) is 16.5 Å². The Morgan fingerprint density at radius 1 is 1.24 bits per heavy atom. The summed E-state index contributed by atoms with van der Waals surface area (Å²) in [5, 5.41) is 10.7. The standard InChI is InChI=1S/C15H12ClNO4/c1-2-15(18)10-4-3-5-11(8-10)21-12-6-7-14(17(19)20)13(16)9-12/h3-9H,2H2,1H3. The molecule has 21 heavy (non-hydrogen) atoms. The fraction of sp³-hybridized carbons (Fsp3) is 0.133. The summed E-state index contributed by atoms with van der Waals surface area (Å²) in [7, 11) is 0. The molecule has 2 aromatic rings. The van der Waals surface area contributed by atoms with Gasteiger partial charge < -0.3 is 4.74 Å². The van der Waals surface area contributed by atoms with Crippen LogP contribution in [0.15, 0.2) is 42.5 Å². The van der Waals surface area contributed by atoms with Crippen LogP contribution in [0.3, 0.4) is 0 Å². The number of ketones is 1. The van der Waals surface area contributed by atoms with Gasteiger partial charge in [0.25, 0.3) is 5.69 Å². The van der Waals surface area contributed by atoms with E-state index in [1.807, 2.05) is 0 Å². The smallest absolute Gasteiger partial charge is 0.288 e. The summed E-state index contributed by atoms with van der Waals surface area (Å²) < 4.78 is 5.57. The van der Waals surface area contributed by atoms with Crippen LogP contribution in [0.5, 0.6) is 11.5 Å². The zero-order chi connectivity index (χ0) is 15.4. The fourth-order valence-corrected chi connectivity index (χ4v) is 2.01. The highest BCUT2D eigenvalue weighted by Gasteiger charge is 2.13. The van der Waals surface area contributed by atoms with Gasteiger partial charge in [0.1, 0.15) is 16.5 Å². The first-order valence-electron chi connectivity index (χ1n) is 6.26. The lowest BCUT2D eigenvalue weighted by Crippen LogP contribution is -1.96. The number of carbonyl (C=O) groups excluding carboxylic acids is 1. The summed E-state index contributed by atoms with van der Waals surface area (Å²) in [6.07, 6.45) is 0.410. The number of halogens is 1. The number of ether oxygens (including phenoxy) is 1. The van der Waals surface area contributed by atoms with Crippen molar-refractivity contribution in [2.45, 2.75) is 13.3 Å². The van der Waals surface area contributed by atoms with Gasteiger partial charge in [-0.25, -0.2) is 0 Å². The number of nitro groups is 1. The van der Waals surface area contributed by atoms with Gasteiger partial charge in [-0.2, -0.15) is 0 Å². The van der Waals surface area contributed by atoms with Crippen molar-refractivity contribution in [3.05, 3.63) is 63.2 Å². The van der Waals surface area contributed by atoms with Crippen LogP contribution in [0.2, 0.25) is 5.02 Å². The lowest BCUT2D eigenvalue weighted by atomic mass is 10.1. The third kappa shape index (κ3) is 3.58. The van der Waals surface area contributed by atoms with Crippen LogP contribution in [-0.4, -0.2) is 10.7 Å². The zero-order valence-corrected chi connectivity index (χ0v) is 12.0. The lowest BCUT2D eigenvalue weighted by molar-refractivity contribution is -0.384. The Morgan fingerprint density at radius 2 is 1.95 bits per heavy atom. The maximum absolute atomic E-state index is 11.6. The van der Waals surface area contributed by atoms with E-state index < -0.39 is 4.92 Å². The van der Waals surface area contributed by atoms with Crippen LogP contribution in [-0.2, 0) is 0 Å². The van der Waals surface area contributed by atoms with E-state index in [1.54, 1.807) is 31.2 Å². The van der Waals surface area contributed by atoms with Crippen molar-refractivity contribution < 1.29 is 14.5 Å². The summed E-state index contributed by atoms with van der Waals surface area (Å²) in [4.78, 5) is 21.8. The average Bonchev–Trinajstić information content (AvgIpc) is 2.46. The second kappa shape index (κ2) is 6.37. The first-order valence-corrected chi connectivity index (χ1v) is 6.64. The SMILES string of the molecule is CCC(=O)c1cccc(Oc2ccc([N+](=O)[O-])c(Cl)c2)c1. The molecule has 0 radical (unpaired) electrons. The Morgan fingerprint density at radius 3 is 2.57 bits per heavy atom. The Hall–Kier alpha value is -2.40. The topological polar surface area (TPSA) is 69.4 Å². The molecule has 0 aliphatic carbocycles. The predicted octanol–water partition coefficient (Wildman–Crippen LogP) is 4.63. The van der Waals surface area contributed by atoms with Gasteiger partial charge in [0.15, 0.2) is 5.78 Å². The molecule has 0 spiro atoms. The molecular formula is C15H12ClNO4. The highest BCUT2D eigenvalue weighted by molar-refractivity contribution is 6.32. The maximum atomic E-state index is 11.6. The van der Waals surface area contributed by atoms with Gasteiger partial charge >= 0.3 is 0 Å². The molecule has 0 aliphatic heterocycles. The molecule has 2 aromatic carbocycles. The Kier molecular flexibility index (Phi) is 4.55. The minimum Gasteiger partial charge on any atom is -0.457 e. The van der Waals surface area contributed by atoms with Crippen LogP contribution in [0.1, 0.15) is 23.7 Å². The molecule has 5 nitrogen and oxygen atoms in total. The molecular weight excluding hydrogens is 294 g/mol. The first-order chi connectivity index (χ1) is 10.0. The van der Waals surface area contributed by atoms with Gasteiger partial charge in [-0.1, -0.05) is 30.7 Å². The van der Waals surface area contributed by atoms with E-state index in [1.165, 1.54) is 18.2 Å². The molecule has 6 heteroatoms. The normalized spacial score (nSPS) is 10.2. The number of nitrogens with zero attached hydrogens (tertiary/aromatic N) is 1. The van der Waals surface area contributed by atoms with Crippen molar-refractivity contribution in [3.8, 4) is 11.5 Å². The molecule has 0 bridgehead atoms. The number of Topliss-reactive ketones (excluding diaryl/α,β-unsaturated/α-hetero) is 1. The van der Waals surface area contributed by atoms with Crippen LogP contribution >= 0.6 is 11.6 Å². The number of carbonyl (C=O) groups is 1. The molecule has 0 aromatic heterocycles. The van der Waals surface area contributed by atoms with Crippen LogP contribution in [0, 0.1) is 10.1 Å². The Balaban J connectivity index is 2.24. The third-order valence-corrected chi connectivity index (χ3v) is 3.13. The summed E-state index contributed by atoms with van der Waals surface area (Å²) in [5.41, 5.74) is 0.377. The van der Waals surface area contributed by atoms with Crippen molar-refractivity contribution in [2.75, 3.05) is 0 Å². The number of hydrogen-bond donors (Lipinski definition) is 0. The summed E-state index contributed by atoms with van der Waals surface area (Å²) >= 11 is 5.82. The van der Waals surface area contributed by atoms with Gasteiger partial charge in [0, 0.05) is 24.1 Å². The maximum Gasteiger partial charge on any atom is 0.288 e. The molecule has 0 heterocycles. The minimum absolute atomic E-state index is 0.00158. The second-order valence-electron chi connectivity index (χ2n) is 4.28. The van der Waals surface area contributed by atoms with E-state index in [2.05, 4.69) is 0 Å². The van der Waals surface area contributed by atoms with Crippen LogP contribution in [0.25, 0.3) is 0 Å². The number of rotatable bonds is 5. The van der Waals surface area contributed by atoms with E-state index in [9.17, 15) is 14.9 Å². The molecule has 0 saturated heterocycles. The number of benzene rings is 2. The monoisotopic (exact) mass is 305 g/mol. The highest BCUT2D eigenvalue weighted by atomic mass is 35.5. The fourth-order valence-electron chi connectivity index (χ4n) is 1.77. The first kappa shape index (κ1) is 15.0. The Labute approximate surface area is 126 Å². The van der Waals surface area contributed by atoms with E-state index in [0.717, 1.165) is 0 Å². The van der Waals surface area contributed by atoms with Crippen LogP contribution < -0.4 is 4.74 Å². The molecule has 0 unspecified atom stereocenters. The predicted molar refractivity (Wildman–Crippen MR) is 79.2 cm³/mol. The van der Waals surface area contributed by atoms with Gasteiger partial charge in [-0.3, -0.25) is 14.9 Å². The third-order valence-electron chi connectivity index (χ3n) is 2.83. The molecule has 108 valence electrons.